The van der Waals surface area contributed by atoms with Gasteiger partial charge in [0, 0.05) is 17.2 Å². The molecule has 0 aliphatic rings. The zero-order valence-electron chi connectivity index (χ0n) is 13.6. The first kappa shape index (κ1) is 18.3. The van der Waals surface area contributed by atoms with Gasteiger partial charge in [0.05, 0.1) is 15.9 Å². The minimum absolute atomic E-state index is 0.101. The van der Waals surface area contributed by atoms with E-state index < -0.39 is 15.5 Å². The molecule has 0 aromatic heterocycles. The van der Waals surface area contributed by atoms with Gasteiger partial charge in [-0.05, 0) is 19.4 Å². The topological polar surface area (TPSA) is 111 Å². The molecule has 0 bridgehead atoms. The van der Waals surface area contributed by atoms with Crippen molar-refractivity contribution >= 4 is 22.8 Å². The van der Waals surface area contributed by atoms with Crippen molar-refractivity contribution in [3.8, 4) is 0 Å². The molecule has 0 aliphatic carbocycles. The highest BCUT2D eigenvalue weighted by Gasteiger charge is 2.25. The molecule has 0 unspecified atom stereocenters. The smallest absolute Gasteiger partial charge is 0.272 e. The number of rotatable bonds is 7. The van der Waals surface area contributed by atoms with Gasteiger partial charge in [-0.3, -0.25) is 25.7 Å². The maximum Gasteiger partial charge on any atom is 0.301 e. The van der Waals surface area contributed by atoms with Crippen molar-refractivity contribution in [2.24, 2.45) is 10.5 Å². The summed E-state index contributed by atoms with van der Waals surface area (Å²) < 4.78 is 0. The van der Waals surface area contributed by atoms with E-state index in [9.17, 15) is 20.2 Å². The molecule has 0 spiro atoms. The van der Waals surface area contributed by atoms with Gasteiger partial charge in [-0.15, -0.1) is 0 Å². The van der Waals surface area contributed by atoms with Crippen LogP contribution < -0.4 is 5.43 Å². The maximum absolute atomic E-state index is 11.1. The molecule has 0 saturated carbocycles. The van der Waals surface area contributed by atoms with Crippen molar-refractivity contribution in [1.82, 2.24) is 0 Å². The molecule has 1 rings (SSSR count). The molecule has 0 heterocycles. The van der Waals surface area contributed by atoms with E-state index in [-0.39, 0.29) is 16.8 Å². The van der Waals surface area contributed by atoms with Gasteiger partial charge in [-0.1, -0.05) is 32.9 Å². The maximum atomic E-state index is 11.1. The minimum Gasteiger partial charge on any atom is -0.272 e. The third-order valence-corrected chi connectivity index (χ3v) is 3.82. The van der Waals surface area contributed by atoms with Crippen LogP contribution in [0.5, 0.6) is 0 Å². The molecule has 0 atom stereocenters. The van der Waals surface area contributed by atoms with E-state index in [1.165, 1.54) is 12.1 Å². The highest BCUT2D eigenvalue weighted by atomic mass is 16.6. The Balaban J connectivity index is 3.22. The number of hydrazone groups is 1. The Kier molecular flexibility index (Phi) is 5.56. The second kappa shape index (κ2) is 6.99. The van der Waals surface area contributed by atoms with E-state index in [0.29, 0.717) is 6.42 Å². The quantitative estimate of drug-likeness (QED) is 0.349. The molecule has 1 aromatic carbocycles. The SMILES string of the molecule is C=C(C)C(C)(C)/C(CC)=N\Nc1ccc([N+](=O)[O-])cc1[N+](=O)[O-]. The van der Waals surface area contributed by atoms with Crippen molar-refractivity contribution in [3.63, 3.8) is 0 Å². The number of anilines is 1. The number of hydrogen-bond donors (Lipinski definition) is 1. The van der Waals surface area contributed by atoms with Crippen LogP contribution in [-0.2, 0) is 0 Å². The van der Waals surface area contributed by atoms with Crippen LogP contribution in [-0.4, -0.2) is 15.6 Å². The third-order valence-electron chi connectivity index (χ3n) is 3.82. The van der Waals surface area contributed by atoms with Crippen LogP contribution in [0.3, 0.4) is 0 Å². The van der Waals surface area contributed by atoms with Crippen LogP contribution in [0.25, 0.3) is 0 Å². The summed E-state index contributed by atoms with van der Waals surface area (Å²) in [6.45, 7) is 11.7. The number of nitro groups is 2. The first-order valence-corrected chi connectivity index (χ1v) is 7.03. The number of hydrogen-bond acceptors (Lipinski definition) is 6. The lowest BCUT2D eigenvalue weighted by molar-refractivity contribution is -0.393. The summed E-state index contributed by atoms with van der Waals surface area (Å²) in [5.74, 6) is 0. The Morgan fingerprint density at radius 3 is 2.35 bits per heavy atom. The summed E-state index contributed by atoms with van der Waals surface area (Å²) in [4.78, 5) is 20.5. The van der Waals surface area contributed by atoms with Crippen LogP contribution in [0, 0.1) is 25.6 Å². The zero-order chi connectivity index (χ0) is 17.8. The molecule has 0 radical (unpaired) electrons. The molecule has 0 amide bonds. The fourth-order valence-electron chi connectivity index (χ4n) is 1.91. The van der Waals surface area contributed by atoms with Gasteiger partial charge < -0.3 is 0 Å². The van der Waals surface area contributed by atoms with Crippen LogP contribution in [0.4, 0.5) is 17.1 Å². The van der Waals surface area contributed by atoms with E-state index in [2.05, 4.69) is 17.1 Å². The molecule has 0 aliphatic heterocycles. The van der Waals surface area contributed by atoms with Crippen molar-refractivity contribution < 1.29 is 9.85 Å². The minimum atomic E-state index is -0.680. The standard InChI is InChI=1S/C15H20N4O4/c1-6-14(15(4,5)10(2)3)17-16-12-8-7-11(18(20)21)9-13(12)19(22)23/h7-9,16H,2,6H2,1,3-5H3/b17-14-. The molecular formula is C15H20N4O4. The number of non-ortho nitro benzene ring substituents is 1. The Morgan fingerprint density at radius 2 is 1.91 bits per heavy atom. The van der Waals surface area contributed by atoms with Gasteiger partial charge in [-0.25, -0.2) is 0 Å². The lowest BCUT2D eigenvalue weighted by Crippen LogP contribution is -2.25. The average Bonchev–Trinajstić information content (AvgIpc) is 2.47. The van der Waals surface area contributed by atoms with Crippen LogP contribution in [0.15, 0.2) is 35.5 Å². The first-order chi connectivity index (χ1) is 10.6. The molecule has 124 valence electrons. The van der Waals surface area contributed by atoms with Gasteiger partial charge in [-0.2, -0.15) is 5.10 Å². The molecule has 8 heteroatoms. The number of benzene rings is 1. The zero-order valence-corrected chi connectivity index (χ0v) is 13.6. The highest BCUT2D eigenvalue weighted by molar-refractivity contribution is 5.92. The van der Waals surface area contributed by atoms with Gasteiger partial charge >= 0.3 is 5.69 Å². The van der Waals surface area contributed by atoms with E-state index >= 15 is 0 Å². The Hall–Kier alpha value is -2.77. The predicted octanol–water partition coefficient (Wildman–Crippen LogP) is 4.28. The monoisotopic (exact) mass is 320 g/mol. The number of allylic oxidation sites excluding steroid dienone is 1. The van der Waals surface area contributed by atoms with E-state index in [1.54, 1.807) is 0 Å². The first-order valence-electron chi connectivity index (χ1n) is 7.03. The normalized spacial score (nSPS) is 11.9. The van der Waals surface area contributed by atoms with Crippen molar-refractivity contribution in [2.75, 3.05) is 5.43 Å². The average molecular weight is 320 g/mol. The van der Waals surface area contributed by atoms with Crippen molar-refractivity contribution in [3.05, 3.63) is 50.6 Å². The molecule has 0 fully saturated rings. The van der Waals surface area contributed by atoms with E-state index in [1.807, 2.05) is 27.7 Å². The molecule has 23 heavy (non-hydrogen) atoms. The van der Waals surface area contributed by atoms with Gasteiger partial charge in [0.2, 0.25) is 0 Å². The van der Waals surface area contributed by atoms with Crippen LogP contribution in [0.2, 0.25) is 0 Å². The second-order valence-electron chi connectivity index (χ2n) is 5.64. The largest absolute Gasteiger partial charge is 0.301 e. The van der Waals surface area contributed by atoms with Crippen molar-refractivity contribution in [1.29, 1.82) is 0 Å². The number of nitrogens with one attached hydrogen (secondary N) is 1. The summed E-state index contributed by atoms with van der Waals surface area (Å²) in [5, 5.41) is 26.1. The number of nitro benzene ring substituents is 2. The van der Waals surface area contributed by atoms with Crippen LogP contribution >= 0.6 is 0 Å². The van der Waals surface area contributed by atoms with E-state index in [0.717, 1.165) is 17.4 Å². The third kappa shape index (κ3) is 4.12. The molecule has 0 saturated heterocycles. The van der Waals surface area contributed by atoms with E-state index in [4.69, 9.17) is 0 Å². The lowest BCUT2D eigenvalue weighted by atomic mass is 9.80. The summed E-state index contributed by atoms with van der Waals surface area (Å²) in [6.07, 6.45) is 0.633. The highest BCUT2D eigenvalue weighted by Crippen LogP contribution is 2.31. The van der Waals surface area contributed by atoms with Gasteiger partial charge in [0.15, 0.2) is 0 Å². The van der Waals surface area contributed by atoms with Crippen LogP contribution in [0.1, 0.15) is 34.1 Å². The Bertz CT molecular complexity index is 680. The molecule has 1 N–H and O–H groups in total. The molecular weight excluding hydrogens is 300 g/mol. The number of nitrogens with zero attached hydrogens (tertiary/aromatic N) is 3. The van der Waals surface area contributed by atoms with Crippen molar-refractivity contribution in [2.45, 2.75) is 34.1 Å². The predicted molar refractivity (Wildman–Crippen MR) is 89.7 cm³/mol. The van der Waals surface area contributed by atoms with Gasteiger partial charge in [0.25, 0.3) is 5.69 Å². The summed E-state index contributed by atoms with van der Waals surface area (Å²) >= 11 is 0. The van der Waals surface area contributed by atoms with Gasteiger partial charge in [0.1, 0.15) is 5.69 Å². The summed E-state index contributed by atoms with van der Waals surface area (Å²) in [7, 11) is 0. The molecule has 1 aromatic rings. The summed E-state index contributed by atoms with van der Waals surface area (Å²) in [6, 6.07) is 3.38. The fraction of sp³-hybridized carbons (Fsp3) is 0.400. The molecule has 8 nitrogen and oxygen atoms in total. The lowest BCUT2D eigenvalue weighted by Gasteiger charge is -2.26. The fourth-order valence-corrected chi connectivity index (χ4v) is 1.91. The second-order valence-corrected chi connectivity index (χ2v) is 5.64. The summed E-state index contributed by atoms with van der Waals surface area (Å²) in [5.41, 5.74) is 3.34. The Labute approximate surface area is 134 Å². The Morgan fingerprint density at radius 1 is 1.30 bits per heavy atom.